The summed E-state index contributed by atoms with van der Waals surface area (Å²) in [4.78, 5) is 36.5. The summed E-state index contributed by atoms with van der Waals surface area (Å²) in [6, 6.07) is 14.3. The zero-order valence-electron chi connectivity index (χ0n) is 14.2. The lowest BCUT2D eigenvalue weighted by atomic mass is 10.1. The Kier molecular flexibility index (Phi) is 5.58. The number of fused-ring (bicyclic) bond motifs is 1. The number of nitrogens with one attached hydrogen (secondary N) is 2. The fourth-order valence-corrected chi connectivity index (χ4v) is 3.32. The number of thioether (sulfide) groups is 1. The average Bonchev–Trinajstić information content (AvgIpc) is 2.66. The lowest BCUT2D eigenvalue weighted by molar-refractivity contribution is -0.124. The summed E-state index contributed by atoms with van der Waals surface area (Å²) in [7, 11) is 0. The van der Waals surface area contributed by atoms with Crippen molar-refractivity contribution in [1.82, 2.24) is 5.32 Å². The molecule has 2 N–H and O–H groups in total. The van der Waals surface area contributed by atoms with Gasteiger partial charge in [0.2, 0.25) is 5.91 Å². The van der Waals surface area contributed by atoms with E-state index in [9.17, 15) is 14.4 Å². The Morgan fingerprint density at radius 3 is 2.77 bits per heavy atom. The van der Waals surface area contributed by atoms with Crippen LogP contribution in [0.3, 0.4) is 0 Å². The van der Waals surface area contributed by atoms with Gasteiger partial charge in [0.05, 0.1) is 23.0 Å². The maximum Gasteiger partial charge on any atom is 0.338 e. The normalized spacial score (nSPS) is 14.0. The van der Waals surface area contributed by atoms with Crippen LogP contribution in [0, 0.1) is 0 Å². The predicted octanol–water partition coefficient (Wildman–Crippen LogP) is 2.77. The molecule has 0 saturated heterocycles. The van der Waals surface area contributed by atoms with E-state index in [0.29, 0.717) is 11.4 Å². The lowest BCUT2D eigenvalue weighted by Gasteiger charge is -2.17. The SMILES string of the molecule is C[C@H](NC(=O)COC(=O)c1ccc2c(c1)NC(=O)CS2)c1ccccc1. The second-order valence-electron chi connectivity index (χ2n) is 5.82. The van der Waals surface area contributed by atoms with Gasteiger partial charge in [-0.05, 0) is 30.7 Å². The minimum Gasteiger partial charge on any atom is -0.452 e. The third-order valence-corrected chi connectivity index (χ3v) is 4.93. The smallest absolute Gasteiger partial charge is 0.338 e. The number of hydrogen-bond donors (Lipinski definition) is 2. The third kappa shape index (κ3) is 4.43. The quantitative estimate of drug-likeness (QED) is 0.791. The molecule has 134 valence electrons. The Morgan fingerprint density at radius 2 is 2.00 bits per heavy atom. The van der Waals surface area contributed by atoms with E-state index >= 15 is 0 Å². The van der Waals surface area contributed by atoms with Crippen molar-refractivity contribution >= 4 is 35.2 Å². The van der Waals surface area contributed by atoms with Gasteiger partial charge in [0, 0.05) is 4.90 Å². The largest absolute Gasteiger partial charge is 0.452 e. The van der Waals surface area contributed by atoms with E-state index in [-0.39, 0.29) is 30.0 Å². The second kappa shape index (κ2) is 8.05. The van der Waals surface area contributed by atoms with Gasteiger partial charge in [0.25, 0.3) is 5.91 Å². The van der Waals surface area contributed by atoms with Crippen molar-refractivity contribution in [3.63, 3.8) is 0 Å². The number of carbonyl (C=O) groups excluding carboxylic acids is 3. The van der Waals surface area contributed by atoms with E-state index in [0.717, 1.165) is 10.5 Å². The first kappa shape index (κ1) is 18.0. The van der Waals surface area contributed by atoms with Crippen LogP contribution in [0.25, 0.3) is 0 Å². The van der Waals surface area contributed by atoms with Crippen molar-refractivity contribution in [2.24, 2.45) is 0 Å². The first-order valence-electron chi connectivity index (χ1n) is 8.11. The molecule has 7 heteroatoms. The molecule has 0 saturated carbocycles. The summed E-state index contributed by atoms with van der Waals surface area (Å²) in [5.41, 5.74) is 1.84. The monoisotopic (exact) mass is 370 g/mol. The van der Waals surface area contributed by atoms with E-state index in [4.69, 9.17) is 4.74 Å². The molecule has 2 amide bonds. The molecule has 26 heavy (non-hydrogen) atoms. The minimum atomic E-state index is -0.611. The molecular weight excluding hydrogens is 352 g/mol. The van der Waals surface area contributed by atoms with Gasteiger partial charge < -0.3 is 15.4 Å². The van der Waals surface area contributed by atoms with Crippen molar-refractivity contribution in [3.05, 3.63) is 59.7 Å². The number of esters is 1. The third-order valence-electron chi connectivity index (χ3n) is 3.86. The number of benzene rings is 2. The Bertz CT molecular complexity index is 839. The van der Waals surface area contributed by atoms with Crippen molar-refractivity contribution in [3.8, 4) is 0 Å². The fraction of sp³-hybridized carbons (Fsp3) is 0.211. The molecule has 0 aliphatic carbocycles. The Balaban J connectivity index is 1.54. The van der Waals surface area contributed by atoms with Crippen LogP contribution < -0.4 is 10.6 Å². The summed E-state index contributed by atoms with van der Waals surface area (Å²) in [5.74, 6) is -0.740. The molecule has 1 atom stereocenters. The molecule has 0 aromatic heterocycles. The van der Waals surface area contributed by atoms with Crippen molar-refractivity contribution in [2.45, 2.75) is 17.9 Å². The standard InChI is InChI=1S/C19H18N2O4S/c1-12(13-5-3-2-4-6-13)20-17(22)10-25-19(24)14-7-8-16-15(9-14)21-18(23)11-26-16/h2-9,12H,10-11H2,1H3,(H,20,22)(H,21,23)/t12-/m0/s1. The van der Waals surface area contributed by atoms with Crippen LogP contribution >= 0.6 is 11.8 Å². The maximum absolute atomic E-state index is 12.2. The van der Waals surface area contributed by atoms with Crippen LogP contribution in [0.2, 0.25) is 0 Å². The van der Waals surface area contributed by atoms with Crippen molar-refractivity contribution in [1.29, 1.82) is 0 Å². The van der Waals surface area contributed by atoms with Gasteiger partial charge in [-0.25, -0.2) is 4.79 Å². The number of amides is 2. The van der Waals surface area contributed by atoms with E-state index in [1.165, 1.54) is 11.8 Å². The molecule has 0 fully saturated rings. The highest BCUT2D eigenvalue weighted by atomic mass is 32.2. The zero-order chi connectivity index (χ0) is 18.5. The molecular formula is C19H18N2O4S. The molecule has 1 heterocycles. The number of ether oxygens (including phenoxy) is 1. The molecule has 2 aromatic carbocycles. The van der Waals surface area contributed by atoms with Crippen LogP contribution in [-0.4, -0.2) is 30.1 Å². The highest BCUT2D eigenvalue weighted by Gasteiger charge is 2.18. The Labute approximate surface area is 155 Å². The minimum absolute atomic E-state index is 0.109. The van der Waals surface area contributed by atoms with E-state index in [1.54, 1.807) is 18.2 Å². The van der Waals surface area contributed by atoms with Crippen molar-refractivity contribution in [2.75, 3.05) is 17.7 Å². The highest BCUT2D eigenvalue weighted by Crippen LogP contribution is 2.32. The lowest BCUT2D eigenvalue weighted by Crippen LogP contribution is -2.31. The molecule has 0 spiro atoms. The number of carbonyl (C=O) groups is 3. The summed E-state index contributed by atoms with van der Waals surface area (Å²) < 4.78 is 5.07. The van der Waals surface area contributed by atoms with Gasteiger partial charge in [-0.2, -0.15) is 0 Å². The number of anilines is 1. The van der Waals surface area contributed by atoms with E-state index in [1.807, 2.05) is 37.3 Å². The average molecular weight is 370 g/mol. The summed E-state index contributed by atoms with van der Waals surface area (Å²) in [6.07, 6.45) is 0. The van der Waals surface area contributed by atoms with Crippen LogP contribution in [0.15, 0.2) is 53.4 Å². The molecule has 1 aliphatic heterocycles. The molecule has 1 aliphatic rings. The predicted molar refractivity (Wildman–Crippen MR) is 99.1 cm³/mol. The van der Waals surface area contributed by atoms with Gasteiger partial charge in [-0.3, -0.25) is 9.59 Å². The zero-order valence-corrected chi connectivity index (χ0v) is 15.0. The molecule has 0 radical (unpaired) electrons. The Hall–Kier alpha value is -2.80. The first-order chi connectivity index (χ1) is 12.5. The molecule has 3 rings (SSSR count). The second-order valence-corrected chi connectivity index (χ2v) is 6.84. The molecule has 0 bridgehead atoms. The first-order valence-corrected chi connectivity index (χ1v) is 9.09. The van der Waals surface area contributed by atoms with Crippen LogP contribution in [0.4, 0.5) is 5.69 Å². The van der Waals surface area contributed by atoms with Crippen molar-refractivity contribution < 1.29 is 19.1 Å². The summed E-state index contributed by atoms with van der Waals surface area (Å²) in [6.45, 7) is 1.49. The molecule has 6 nitrogen and oxygen atoms in total. The molecule has 0 unspecified atom stereocenters. The van der Waals surface area contributed by atoms with Gasteiger partial charge in [-0.1, -0.05) is 30.3 Å². The Morgan fingerprint density at radius 1 is 1.23 bits per heavy atom. The van der Waals surface area contributed by atoms with E-state index in [2.05, 4.69) is 10.6 Å². The topological polar surface area (TPSA) is 84.5 Å². The fourth-order valence-electron chi connectivity index (χ4n) is 2.53. The molecule has 2 aromatic rings. The summed E-state index contributed by atoms with van der Waals surface area (Å²) >= 11 is 1.41. The van der Waals surface area contributed by atoms with Crippen LogP contribution in [0.5, 0.6) is 0 Å². The summed E-state index contributed by atoms with van der Waals surface area (Å²) in [5, 5.41) is 5.50. The number of hydrogen-bond acceptors (Lipinski definition) is 5. The van der Waals surface area contributed by atoms with Crippen LogP contribution in [0.1, 0.15) is 28.9 Å². The van der Waals surface area contributed by atoms with E-state index < -0.39 is 5.97 Å². The van der Waals surface area contributed by atoms with Gasteiger partial charge in [0.1, 0.15) is 0 Å². The van der Waals surface area contributed by atoms with Crippen LogP contribution in [-0.2, 0) is 14.3 Å². The van der Waals surface area contributed by atoms with Gasteiger partial charge in [0.15, 0.2) is 6.61 Å². The highest BCUT2D eigenvalue weighted by molar-refractivity contribution is 8.00. The van der Waals surface area contributed by atoms with Gasteiger partial charge >= 0.3 is 5.97 Å². The number of rotatable bonds is 5. The maximum atomic E-state index is 12.2. The van der Waals surface area contributed by atoms with Gasteiger partial charge in [-0.15, -0.1) is 11.8 Å².